The summed E-state index contributed by atoms with van der Waals surface area (Å²) in [6.07, 6.45) is 2.94. The minimum atomic E-state index is -1.02. The average Bonchev–Trinajstić information content (AvgIpc) is 2.72. The summed E-state index contributed by atoms with van der Waals surface area (Å²) < 4.78 is 0. The van der Waals surface area contributed by atoms with E-state index in [9.17, 15) is 14.7 Å². The zero-order chi connectivity index (χ0) is 13.7. The van der Waals surface area contributed by atoms with Crippen molar-refractivity contribution in [1.82, 2.24) is 4.90 Å². The van der Waals surface area contributed by atoms with E-state index in [1.54, 1.807) is 0 Å². The summed E-state index contributed by atoms with van der Waals surface area (Å²) >= 11 is 0. The second-order valence-electron chi connectivity index (χ2n) is 4.98. The molecule has 2 N–H and O–H groups in total. The number of carbonyl (C=O) groups excluding carboxylic acids is 1. The SMILES string of the molecule is CCCCC(CC)C(=O)N1C[C@@H](O)C[C@H]1C(=O)O. The molecule has 0 aliphatic carbocycles. The third-order valence-electron chi connectivity index (χ3n) is 3.60. The van der Waals surface area contributed by atoms with Gasteiger partial charge in [-0.05, 0) is 12.8 Å². The highest BCUT2D eigenvalue weighted by Crippen LogP contribution is 2.24. The van der Waals surface area contributed by atoms with Gasteiger partial charge in [-0.15, -0.1) is 0 Å². The van der Waals surface area contributed by atoms with Gasteiger partial charge in [0.05, 0.1) is 6.10 Å². The fourth-order valence-electron chi connectivity index (χ4n) is 2.48. The number of β-amino-alcohol motifs (C(OH)–C–C–N with tert-alkyl or cyclic N) is 1. The molecular weight excluding hydrogens is 234 g/mol. The maximum atomic E-state index is 12.3. The molecule has 18 heavy (non-hydrogen) atoms. The Morgan fingerprint density at radius 1 is 1.39 bits per heavy atom. The van der Waals surface area contributed by atoms with Crippen LogP contribution >= 0.6 is 0 Å². The van der Waals surface area contributed by atoms with E-state index >= 15 is 0 Å². The van der Waals surface area contributed by atoms with E-state index in [1.165, 1.54) is 4.90 Å². The first-order valence-electron chi connectivity index (χ1n) is 6.72. The van der Waals surface area contributed by atoms with E-state index < -0.39 is 18.1 Å². The summed E-state index contributed by atoms with van der Waals surface area (Å²) in [7, 11) is 0. The minimum Gasteiger partial charge on any atom is -0.480 e. The van der Waals surface area contributed by atoms with Gasteiger partial charge in [0, 0.05) is 18.9 Å². The van der Waals surface area contributed by atoms with Crippen molar-refractivity contribution < 1.29 is 19.8 Å². The molecular formula is C13H23NO4. The lowest BCUT2D eigenvalue weighted by molar-refractivity contribution is -0.150. The van der Waals surface area contributed by atoms with Crippen molar-refractivity contribution in [3.63, 3.8) is 0 Å². The zero-order valence-electron chi connectivity index (χ0n) is 11.1. The van der Waals surface area contributed by atoms with Gasteiger partial charge in [-0.2, -0.15) is 0 Å². The number of aliphatic hydroxyl groups excluding tert-OH is 1. The Labute approximate surface area is 108 Å². The first-order chi connectivity index (χ1) is 8.51. The molecule has 0 aromatic heterocycles. The number of hydrogen-bond donors (Lipinski definition) is 2. The Morgan fingerprint density at radius 3 is 2.56 bits per heavy atom. The molecule has 0 aromatic rings. The molecule has 0 spiro atoms. The van der Waals surface area contributed by atoms with Crippen LogP contribution in [0.3, 0.4) is 0 Å². The topological polar surface area (TPSA) is 77.8 Å². The van der Waals surface area contributed by atoms with Crippen molar-refractivity contribution in [1.29, 1.82) is 0 Å². The molecule has 0 saturated carbocycles. The molecule has 1 aliphatic heterocycles. The average molecular weight is 257 g/mol. The largest absolute Gasteiger partial charge is 0.480 e. The number of hydrogen-bond acceptors (Lipinski definition) is 3. The normalized spacial score (nSPS) is 25.2. The van der Waals surface area contributed by atoms with Crippen LogP contribution in [0.15, 0.2) is 0 Å². The monoisotopic (exact) mass is 257 g/mol. The van der Waals surface area contributed by atoms with Gasteiger partial charge in [0.25, 0.3) is 0 Å². The summed E-state index contributed by atoms with van der Waals surface area (Å²) in [5, 5.41) is 18.6. The quantitative estimate of drug-likeness (QED) is 0.750. The first kappa shape index (κ1) is 15.0. The summed E-state index contributed by atoms with van der Waals surface area (Å²) in [5.41, 5.74) is 0. The van der Waals surface area contributed by atoms with Crippen molar-refractivity contribution in [3.8, 4) is 0 Å². The molecule has 1 fully saturated rings. The maximum Gasteiger partial charge on any atom is 0.326 e. The predicted molar refractivity (Wildman–Crippen MR) is 67.1 cm³/mol. The Morgan fingerprint density at radius 2 is 2.06 bits per heavy atom. The molecule has 0 aromatic carbocycles. The van der Waals surface area contributed by atoms with Crippen LogP contribution in [-0.4, -0.2) is 45.7 Å². The number of carboxylic acids is 1. The summed E-state index contributed by atoms with van der Waals surface area (Å²) in [5.74, 6) is -1.25. The number of rotatable bonds is 6. The predicted octanol–water partition coefficient (Wildman–Crippen LogP) is 1.25. The van der Waals surface area contributed by atoms with Crippen molar-refractivity contribution in [2.24, 2.45) is 5.92 Å². The summed E-state index contributed by atoms with van der Waals surface area (Å²) in [6, 6.07) is -0.858. The van der Waals surface area contributed by atoms with Crippen LogP contribution in [0.2, 0.25) is 0 Å². The van der Waals surface area contributed by atoms with Gasteiger partial charge in [-0.3, -0.25) is 4.79 Å². The van der Waals surface area contributed by atoms with E-state index in [2.05, 4.69) is 6.92 Å². The first-order valence-corrected chi connectivity index (χ1v) is 6.72. The molecule has 1 rings (SSSR count). The Bertz CT molecular complexity index is 305. The second kappa shape index (κ2) is 6.73. The van der Waals surface area contributed by atoms with Gasteiger partial charge in [0.2, 0.25) is 5.91 Å². The van der Waals surface area contributed by atoms with Crippen LogP contribution in [0, 0.1) is 5.92 Å². The molecule has 1 saturated heterocycles. The molecule has 1 heterocycles. The van der Waals surface area contributed by atoms with Crippen LogP contribution < -0.4 is 0 Å². The van der Waals surface area contributed by atoms with Crippen molar-refractivity contribution >= 4 is 11.9 Å². The highest BCUT2D eigenvalue weighted by Gasteiger charge is 2.40. The molecule has 1 amide bonds. The van der Waals surface area contributed by atoms with Gasteiger partial charge in [0.1, 0.15) is 6.04 Å². The number of carbonyl (C=O) groups is 2. The number of aliphatic hydroxyl groups is 1. The number of unbranched alkanes of at least 4 members (excludes halogenated alkanes) is 1. The number of aliphatic carboxylic acids is 1. The van der Waals surface area contributed by atoms with Crippen LogP contribution in [0.4, 0.5) is 0 Å². The molecule has 5 nitrogen and oxygen atoms in total. The standard InChI is InChI=1S/C13H23NO4/c1-3-5-6-9(4-2)12(16)14-8-10(15)7-11(14)13(17)18/h9-11,15H,3-8H2,1-2H3,(H,17,18)/t9?,10-,11-/m0/s1. The van der Waals surface area contributed by atoms with Crippen LogP contribution in [0.1, 0.15) is 46.0 Å². The zero-order valence-corrected chi connectivity index (χ0v) is 11.1. The number of likely N-dealkylation sites (tertiary alicyclic amines) is 1. The minimum absolute atomic E-state index is 0.114. The summed E-state index contributed by atoms with van der Waals surface area (Å²) in [4.78, 5) is 24.7. The van der Waals surface area contributed by atoms with Crippen LogP contribution in [0.25, 0.3) is 0 Å². The maximum absolute atomic E-state index is 12.3. The molecule has 104 valence electrons. The second-order valence-corrected chi connectivity index (χ2v) is 4.98. The lowest BCUT2D eigenvalue weighted by atomic mass is 9.97. The third-order valence-corrected chi connectivity index (χ3v) is 3.60. The molecule has 0 bridgehead atoms. The van der Waals surface area contributed by atoms with E-state index in [1.807, 2.05) is 6.92 Å². The van der Waals surface area contributed by atoms with E-state index in [0.717, 1.165) is 25.7 Å². The number of amides is 1. The van der Waals surface area contributed by atoms with Crippen LogP contribution in [0.5, 0.6) is 0 Å². The highest BCUT2D eigenvalue weighted by molar-refractivity contribution is 5.85. The lowest BCUT2D eigenvalue weighted by Gasteiger charge is -2.26. The van der Waals surface area contributed by atoms with Gasteiger partial charge < -0.3 is 15.1 Å². The number of nitrogens with zero attached hydrogens (tertiary/aromatic N) is 1. The van der Waals surface area contributed by atoms with E-state index in [4.69, 9.17) is 5.11 Å². The van der Waals surface area contributed by atoms with E-state index in [-0.39, 0.29) is 24.8 Å². The third kappa shape index (κ3) is 3.45. The number of carboxylic acid groups (broad SMARTS) is 1. The highest BCUT2D eigenvalue weighted by atomic mass is 16.4. The smallest absolute Gasteiger partial charge is 0.326 e. The fraction of sp³-hybridized carbons (Fsp3) is 0.846. The Hall–Kier alpha value is -1.10. The molecule has 1 unspecified atom stereocenters. The summed E-state index contributed by atoms with van der Waals surface area (Å²) in [6.45, 7) is 4.16. The van der Waals surface area contributed by atoms with Crippen molar-refractivity contribution in [3.05, 3.63) is 0 Å². The van der Waals surface area contributed by atoms with Gasteiger partial charge in [0.15, 0.2) is 0 Å². The van der Waals surface area contributed by atoms with Gasteiger partial charge >= 0.3 is 5.97 Å². The van der Waals surface area contributed by atoms with Crippen molar-refractivity contribution in [2.75, 3.05) is 6.54 Å². The molecule has 0 radical (unpaired) electrons. The fourth-order valence-corrected chi connectivity index (χ4v) is 2.48. The Kier molecular flexibility index (Phi) is 5.59. The van der Waals surface area contributed by atoms with E-state index in [0.29, 0.717) is 0 Å². The Balaban J connectivity index is 2.70. The van der Waals surface area contributed by atoms with Gasteiger partial charge in [-0.1, -0.05) is 26.7 Å². The lowest BCUT2D eigenvalue weighted by Crippen LogP contribution is -2.43. The van der Waals surface area contributed by atoms with Crippen LogP contribution in [-0.2, 0) is 9.59 Å². The van der Waals surface area contributed by atoms with Gasteiger partial charge in [-0.25, -0.2) is 4.79 Å². The molecule has 1 aliphatic rings. The van der Waals surface area contributed by atoms with Crippen molar-refractivity contribution in [2.45, 2.75) is 58.1 Å². The molecule has 5 heteroatoms. The molecule has 3 atom stereocenters.